The van der Waals surface area contributed by atoms with Gasteiger partial charge in [-0.05, 0) is 43.2 Å². The fraction of sp³-hybridized carbons (Fsp3) is 0.348. The van der Waals surface area contributed by atoms with E-state index in [1.807, 2.05) is 36.4 Å². The molecule has 1 heterocycles. The van der Waals surface area contributed by atoms with Crippen molar-refractivity contribution in [3.63, 3.8) is 0 Å². The Labute approximate surface area is 154 Å². The number of aromatic hydroxyl groups is 1. The van der Waals surface area contributed by atoms with Crippen LogP contribution in [-0.2, 0) is 0 Å². The third-order valence-corrected chi connectivity index (χ3v) is 5.21. The highest BCUT2D eigenvalue weighted by Crippen LogP contribution is 2.41. The fourth-order valence-corrected chi connectivity index (χ4v) is 3.77. The van der Waals surface area contributed by atoms with Gasteiger partial charge in [-0.25, -0.2) is 4.79 Å². The van der Waals surface area contributed by atoms with Crippen molar-refractivity contribution in [2.24, 2.45) is 11.8 Å². The van der Waals surface area contributed by atoms with Gasteiger partial charge in [0.2, 0.25) is 0 Å². The lowest BCUT2D eigenvalue weighted by Gasteiger charge is -2.32. The summed E-state index contributed by atoms with van der Waals surface area (Å²) in [6.45, 7) is 6.42. The molecule has 2 atom stereocenters. The van der Waals surface area contributed by atoms with Crippen LogP contribution in [0.4, 0.5) is 0 Å². The van der Waals surface area contributed by atoms with Gasteiger partial charge in [-0.2, -0.15) is 0 Å². The molecule has 0 aliphatic heterocycles. The molecular formula is C23H26O3. The molecule has 1 aliphatic rings. The average molecular weight is 350 g/mol. The van der Waals surface area contributed by atoms with E-state index in [-0.39, 0.29) is 11.7 Å². The molecule has 1 aliphatic carbocycles. The third-order valence-electron chi connectivity index (χ3n) is 5.21. The van der Waals surface area contributed by atoms with Crippen molar-refractivity contribution in [2.75, 3.05) is 0 Å². The molecule has 136 valence electrons. The Morgan fingerprint density at radius 3 is 2.58 bits per heavy atom. The first-order chi connectivity index (χ1) is 12.5. The van der Waals surface area contributed by atoms with E-state index < -0.39 is 5.63 Å². The van der Waals surface area contributed by atoms with Crippen LogP contribution >= 0.6 is 0 Å². The van der Waals surface area contributed by atoms with Crippen molar-refractivity contribution in [1.82, 2.24) is 0 Å². The van der Waals surface area contributed by atoms with Gasteiger partial charge in [0.1, 0.15) is 11.5 Å². The Bertz CT molecular complexity index is 872. The van der Waals surface area contributed by atoms with E-state index in [1.165, 1.54) is 5.57 Å². The molecular weight excluding hydrogens is 324 g/mol. The molecule has 3 rings (SSSR count). The Morgan fingerprint density at radius 2 is 1.92 bits per heavy atom. The molecule has 1 unspecified atom stereocenters. The van der Waals surface area contributed by atoms with Crippen LogP contribution in [0.5, 0.6) is 5.75 Å². The van der Waals surface area contributed by atoms with Gasteiger partial charge in [-0.1, -0.05) is 61.9 Å². The minimum absolute atomic E-state index is 0.0237. The second kappa shape index (κ2) is 7.77. The van der Waals surface area contributed by atoms with Crippen LogP contribution < -0.4 is 5.63 Å². The van der Waals surface area contributed by atoms with Gasteiger partial charge in [-0.3, -0.25) is 0 Å². The van der Waals surface area contributed by atoms with E-state index >= 15 is 0 Å². The quantitative estimate of drug-likeness (QED) is 0.729. The zero-order valence-corrected chi connectivity index (χ0v) is 15.6. The van der Waals surface area contributed by atoms with Gasteiger partial charge in [0.15, 0.2) is 0 Å². The van der Waals surface area contributed by atoms with Gasteiger partial charge >= 0.3 is 5.63 Å². The minimum Gasteiger partial charge on any atom is -0.507 e. The highest BCUT2D eigenvalue weighted by Gasteiger charge is 2.32. The van der Waals surface area contributed by atoms with Crippen molar-refractivity contribution < 1.29 is 9.52 Å². The lowest BCUT2D eigenvalue weighted by molar-refractivity contribution is 0.302. The van der Waals surface area contributed by atoms with Gasteiger partial charge in [0.25, 0.3) is 0 Å². The Balaban J connectivity index is 1.96. The summed E-state index contributed by atoms with van der Waals surface area (Å²) in [6, 6.07) is 11.3. The molecule has 0 saturated heterocycles. The first kappa shape index (κ1) is 18.2. The summed E-state index contributed by atoms with van der Waals surface area (Å²) in [5.41, 5.74) is 2.21. The normalized spacial score (nSPS) is 20.5. The third kappa shape index (κ3) is 3.98. The number of rotatable bonds is 4. The van der Waals surface area contributed by atoms with Gasteiger partial charge in [0.05, 0.1) is 5.56 Å². The highest BCUT2D eigenvalue weighted by molar-refractivity contribution is 5.67. The van der Waals surface area contributed by atoms with E-state index in [0.29, 0.717) is 23.2 Å². The molecule has 1 aromatic heterocycles. The fourth-order valence-electron chi connectivity index (χ4n) is 3.77. The van der Waals surface area contributed by atoms with Crippen LogP contribution in [-0.4, -0.2) is 5.11 Å². The van der Waals surface area contributed by atoms with E-state index in [1.54, 1.807) is 12.1 Å². The smallest absolute Gasteiger partial charge is 0.343 e. The summed E-state index contributed by atoms with van der Waals surface area (Å²) in [4.78, 5) is 12.7. The summed E-state index contributed by atoms with van der Waals surface area (Å²) in [7, 11) is 0. The second-order valence-electron chi connectivity index (χ2n) is 7.46. The lowest BCUT2D eigenvalue weighted by Crippen LogP contribution is -2.25. The standard InChI is InChI=1S/C23H26O3/c1-15(2)19-12-9-16(3)13-20(19)22-21(24)14-18(26-23(22)25)11-10-17-7-5-4-6-8-17/h4-8,10-11,13-15,19-20,24H,9,12H2,1-3H3/b11-10+/t19-,20?/m1/s1. The van der Waals surface area contributed by atoms with Gasteiger partial charge in [-0.15, -0.1) is 0 Å². The predicted octanol–water partition coefficient (Wildman–Crippen LogP) is 5.61. The summed E-state index contributed by atoms with van der Waals surface area (Å²) < 4.78 is 5.50. The van der Waals surface area contributed by atoms with E-state index in [4.69, 9.17) is 4.42 Å². The van der Waals surface area contributed by atoms with Crippen LogP contribution in [0.3, 0.4) is 0 Å². The zero-order chi connectivity index (χ0) is 18.7. The molecule has 0 radical (unpaired) electrons. The summed E-state index contributed by atoms with van der Waals surface area (Å²) in [6.07, 6.45) is 7.77. The molecule has 26 heavy (non-hydrogen) atoms. The molecule has 0 bridgehead atoms. The first-order valence-electron chi connectivity index (χ1n) is 9.23. The highest BCUT2D eigenvalue weighted by atomic mass is 16.4. The molecule has 0 saturated carbocycles. The number of hydrogen-bond donors (Lipinski definition) is 1. The first-order valence-corrected chi connectivity index (χ1v) is 9.23. The van der Waals surface area contributed by atoms with E-state index in [2.05, 4.69) is 26.8 Å². The SMILES string of the molecule is CC1=CC(c2c(O)cc(/C=C/c3ccccc3)oc2=O)[C@@H](C(C)C)CC1. The van der Waals surface area contributed by atoms with Crippen LogP contribution in [0.2, 0.25) is 0 Å². The summed E-state index contributed by atoms with van der Waals surface area (Å²) in [5.74, 6) is 1.06. The molecule has 0 amide bonds. The van der Waals surface area contributed by atoms with Crippen molar-refractivity contribution in [2.45, 2.75) is 39.5 Å². The lowest BCUT2D eigenvalue weighted by atomic mass is 9.72. The number of hydrogen-bond acceptors (Lipinski definition) is 3. The van der Waals surface area contributed by atoms with Crippen molar-refractivity contribution >= 4 is 12.2 Å². The molecule has 1 aromatic carbocycles. The van der Waals surface area contributed by atoms with Crippen molar-refractivity contribution in [3.8, 4) is 5.75 Å². The van der Waals surface area contributed by atoms with Crippen LogP contribution in [0.1, 0.15) is 56.4 Å². The molecule has 3 heteroatoms. The molecule has 1 N–H and O–H groups in total. The van der Waals surface area contributed by atoms with Crippen molar-refractivity contribution in [1.29, 1.82) is 0 Å². The van der Waals surface area contributed by atoms with E-state index in [9.17, 15) is 9.90 Å². The Morgan fingerprint density at radius 1 is 1.19 bits per heavy atom. The van der Waals surface area contributed by atoms with E-state index in [0.717, 1.165) is 18.4 Å². The topological polar surface area (TPSA) is 50.4 Å². The predicted molar refractivity (Wildman–Crippen MR) is 106 cm³/mol. The molecule has 0 fully saturated rings. The van der Waals surface area contributed by atoms with Crippen molar-refractivity contribution in [3.05, 3.63) is 75.4 Å². The number of allylic oxidation sites excluding steroid dienone is 2. The Hall–Kier alpha value is -2.55. The number of benzene rings is 1. The molecule has 2 aromatic rings. The minimum atomic E-state index is -0.445. The van der Waals surface area contributed by atoms with Crippen LogP contribution in [0, 0.1) is 11.8 Å². The second-order valence-corrected chi connectivity index (χ2v) is 7.46. The zero-order valence-electron chi connectivity index (χ0n) is 15.6. The maximum Gasteiger partial charge on any atom is 0.343 e. The average Bonchev–Trinajstić information content (AvgIpc) is 2.60. The maximum atomic E-state index is 12.7. The van der Waals surface area contributed by atoms with Crippen LogP contribution in [0.25, 0.3) is 12.2 Å². The summed E-state index contributed by atoms with van der Waals surface area (Å²) in [5, 5.41) is 10.6. The summed E-state index contributed by atoms with van der Waals surface area (Å²) >= 11 is 0. The monoisotopic (exact) mass is 350 g/mol. The van der Waals surface area contributed by atoms with Gasteiger partial charge < -0.3 is 9.52 Å². The largest absolute Gasteiger partial charge is 0.507 e. The molecule has 0 spiro atoms. The maximum absolute atomic E-state index is 12.7. The van der Waals surface area contributed by atoms with Gasteiger partial charge in [0, 0.05) is 12.0 Å². The Kier molecular flexibility index (Phi) is 5.46. The van der Waals surface area contributed by atoms with Crippen LogP contribution in [0.15, 0.2) is 57.3 Å². The molecule has 3 nitrogen and oxygen atoms in total.